The molecule has 2 nitrogen and oxygen atoms in total. The number of rotatable bonds is 4. The zero-order chi connectivity index (χ0) is 16.2. The first-order valence-electron chi connectivity index (χ1n) is 7.75. The molecule has 114 valence electrons. The second-order valence-corrected chi connectivity index (χ2v) is 5.39. The molecule has 23 heavy (non-hydrogen) atoms. The first kappa shape index (κ1) is 15.0. The van der Waals surface area contributed by atoms with E-state index in [1.807, 2.05) is 31.2 Å². The van der Waals surface area contributed by atoms with Crippen LogP contribution in [0.4, 0.5) is 0 Å². The van der Waals surface area contributed by atoms with E-state index in [1.165, 1.54) is 5.56 Å². The topological polar surface area (TPSA) is 17.8 Å². The molecular formula is C21H20N2. The number of aryl methyl sites for hydroxylation is 1. The largest absolute Gasteiger partial charge is 0.293 e. The first-order valence-corrected chi connectivity index (χ1v) is 7.75. The summed E-state index contributed by atoms with van der Waals surface area (Å²) in [6.07, 6.45) is 7.89. The van der Waals surface area contributed by atoms with Crippen molar-refractivity contribution in [2.75, 3.05) is 0 Å². The number of aromatic nitrogens is 2. The second kappa shape index (κ2) is 6.49. The van der Waals surface area contributed by atoms with Crippen molar-refractivity contribution in [3.63, 3.8) is 0 Å². The number of benzene rings is 2. The molecule has 0 atom stereocenters. The summed E-state index contributed by atoms with van der Waals surface area (Å²) in [5.74, 6) is 0.955. The molecule has 0 aliphatic carbocycles. The van der Waals surface area contributed by atoms with E-state index in [4.69, 9.17) is 4.98 Å². The predicted molar refractivity (Wildman–Crippen MR) is 99.2 cm³/mol. The van der Waals surface area contributed by atoms with Crippen molar-refractivity contribution < 1.29 is 0 Å². The number of hydrogen-bond donors (Lipinski definition) is 0. The van der Waals surface area contributed by atoms with Crippen LogP contribution < -0.4 is 0 Å². The van der Waals surface area contributed by atoms with Gasteiger partial charge in [-0.15, -0.1) is 0 Å². The maximum Gasteiger partial charge on any atom is 0.145 e. The fourth-order valence-electron chi connectivity index (χ4n) is 2.75. The van der Waals surface area contributed by atoms with Crippen molar-refractivity contribution >= 4 is 16.7 Å². The van der Waals surface area contributed by atoms with Crippen LogP contribution in [0.2, 0.25) is 0 Å². The standard InChI is InChI=1S/C21H20N2/c1-4-6-14-18(5-2)23-19-15-10-11-16(3)20(19)22-21(23)17-12-8-7-9-13-17/h4-15H,1H2,2-3H3/b14-6-,18-5+. The number of nitrogens with zero attached hydrogens (tertiary/aromatic N) is 2. The summed E-state index contributed by atoms with van der Waals surface area (Å²) in [6, 6.07) is 16.6. The molecule has 1 heterocycles. The smallest absolute Gasteiger partial charge is 0.145 e. The molecule has 0 N–H and O–H groups in total. The third kappa shape index (κ3) is 2.76. The maximum absolute atomic E-state index is 4.92. The van der Waals surface area contributed by atoms with Gasteiger partial charge in [0.2, 0.25) is 0 Å². The molecular weight excluding hydrogens is 280 g/mol. The van der Waals surface area contributed by atoms with Crippen LogP contribution in [0.5, 0.6) is 0 Å². The summed E-state index contributed by atoms with van der Waals surface area (Å²) in [7, 11) is 0. The zero-order valence-electron chi connectivity index (χ0n) is 13.5. The van der Waals surface area contributed by atoms with Crippen LogP contribution in [0.25, 0.3) is 28.1 Å². The third-order valence-electron chi connectivity index (χ3n) is 3.88. The van der Waals surface area contributed by atoms with Gasteiger partial charge in [0.05, 0.1) is 11.0 Å². The lowest BCUT2D eigenvalue weighted by Crippen LogP contribution is -1.98. The van der Waals surface area contributed by atoms with E-state index in [1.54, 1.807) is 6.08 Å². The SMILES string of the molecule is C=C/C=C\C(=C/C)n1c(-c2ccccc2)nc2c(C)cccc21. The average molecular weight is 300 g/mol. The highest BCUT2D eigenvalue weighted by atomic mass is 15.1. The summed E-state index contributed by atoms with van der Waals surface area (Å²) in [5.41, 5.74) is 5.52. The molecule has 3 rings (SSSR count). The Morgan fingerprint density at radius 2 is 1.87 bits per heavy atom. The fourth-order valence-corrected chi connectivity index (χ4v) is 2.75. The van der Waals surface area contributed by atoms with Gasteiger partial charge in [-0.3, -0.25) is 4.57 Å². The van der Waals surface area contributed by atoms with Gasteiger partial charge >= 0.3 is 0 Å². The van der Waals surface area contributed by atoms with Crippen molar-refractivity contribution in [3.05, 3.63) is 85.0 Å². The van der Waals surface area contributed by atoms with Gasteiger partial charge in [-0.1, -0.05) is 67.3 Å². The summed E-state index contributed by atoms with van der Waals surface area (Å²) in [4.78, 5) is 4.92. The molecule has 0 bridgehead atoms. The molecule has 0 aliphatic heterocycles. The van der Waals surface area contributed by atoms with Crippen LogP contribution in [0.3, 0.4) is 0 Å². The lowest BCUT2D eigenvalue weighted by atomic mass is 10.2. The van der Waals surface area contributed by atoms with Gasteiger partial charge in [-0.25, -0.2) is 4.98 Å². The van der Waals surface area contributed by atoms with Crippen LogP contribution in [-0.4, -0.2) is 9.55 Å². The highest BCUT2D eigenvalue weighted by Crippen LogP contribution is 2.30. The van der Waals surface area contributed by atoms with Crippen molar-refractivity contribution in [1.29, 1.82) is 0 Å². The maximum atomic E-state index is 4.92. The number of hydrogen-bond acceptors (Lipinski definition) is 1. The van der Waals surface area contributed by atoms with Gasteiger partial charge < -0.3 is 0 Å². The van der Waals surface area contributed by atoms with Crippen molar-refractivity contribution in [1.82, 2.24) is 9.55 Å². The summed E-state index contributed by atoms with van der Waals surface area (Å²) < 4.78 is 2.21. The molecule has 0 spiro atoms. The van der Waals surface area contributed by atoms with E-state index < -0.39 is 0 Å². The van der Waals surface area contributed by atoms with Gasteiger partial charge in [0, 0.05) is 11.3 Å². The first-order chi connectivity index (χ1) is 11.3. The van der Waals surface area contributed by atoms with Crippen LogP contribution in [0.15, 0.2) is 79.4 Å². The highest BCUT2D eigenvalue weighted by molar-refractivity contribution is 5.88. The van der Waals surface area contributed by atoms with E-state index >= 15 is 0 Å². The Kier molecular flexibility index (Phi) is 4.24. The predicted octanol–water partition coefficient (Wildman–Crippen LogP) is 5.61. The molecule has 3 aromatic rings. The monoisotopic (exact) mass is 300 g/mol. The summed E-state index contributed by atoms with van der Waals surface area (Å²) in [5, 5.41) is 0. The van der Waals surface area contributed by atoms with Crippen molar-refractivity contribution in [3.8, 4) is 11.4 Å². The molecule has 1 aromatic heterocycles. The van der Waals surface area contributed by atoms with Gasteiger partial charge in [-0.2, -0.15) is 0 Å². The van der Waals surface area contributed by atoms with Crippen molar-refractivity contribution in [2.24, 2.45) is 0 Å². The number of para-hydroxylation sites is 1. The quantitative estimate of drug-likeness (QED) is 0.572. The minimum Gasteiger partial charge on any atom is -0.293 e. The van der Waals surface area contributed by atoms with Crippen LogP contribution >= 0.6 is 0 Å². The average Bonchev–Trinajstić information content (AvgIpc) is 2.98. The minimum absolute atomic E-state index is 0.955. The molecule has 0 radical (unpaired) electrons. The molecule has 0 amide bonds. The number of fused-ring (bicyclic) bond motifs is 1. The van der Waals surface area contributed by atoms with E-state index in [9.17, 15) is 0 Å². The van der Waals surface area contributed by atoms with Gasteiger partial charge in [0.15, 0.2) is 0 Å². The Morgan fingerprint density at radius 1 is 1.09 bits per heavy atom. The molecule has 0 fully saturated rings. The minimum atomic E-state index is 0.955. The van der Waals surface area contributed by atoms with E-state index in [2.05, 4.69) is 60.6 Å². The van der Waals surface area contributed by atoms with Gasteiger partial charge in [0.25, 0.3) is 0 Å². The Bertz CT molecular complexity index is 896. The normalized spacial score (nSPS) is 12.2. The molecule has 0 unspecified atom stereocenters. The van der Waals surface area contributed by atoms with Crippen LogP contribution in [0, 0.1) is 6.92 Å². The number of imidazole rings is 1. The Balaban J connectivity index is 2.35. The second-order valence-electron chi connectivity index (χ2n) is 5.39. The van der Waals surface area contributed by atoms with Gasteiger partial charge in [0.1, 0.15) is 5.82 Å². The summed E-state index contributed by atoms with van der Waals surface area (Å²) >= 11 is 0. The lowest BCUT2D eigenvalue weighted by Gasteiger charge is -2.10. The molecule has 0 saturated heterocycles. The van der Waals surface area contributed by atoms with Gasteiger partial charge in [-0.05, 0) is 31.6 Å². The fraction of sp³-hybridized carbons (Fsp3) is 0.0952. The Morgan fingerprint density at radius 3 is 2.57 bits per heavy atom. The lowest BCUT2D eigenvalue weighted by molar-refractivity contribution is 1.14. The van der Waals surface area contributed by atoms with E-state index in [0.717, 1.165) is 28.1 Å². The third-order valence-corrected chi connectivity index (χ3v) is 3.88. The Labute approximate surface area is 137 Å². The molecule has 2 aromatic carbocycles. The summed E-state index contributed by atoms with van der Waals surface area (Å²) in [6.45, 7) is 7.91. The van der Waals surface area contributed by atoms with Crippen molar-refractivity contribution in [2.45, 2.75) is 13.8 Å². The van der Waals surface area contributed by atoms with E-state index in [0.29, 0.717) is 0 Å². The number of allylic oxidation sites excluding steroid dienone is 5. The molecule has 0 aliphatic rings. The highest BCUT2D eigenvalue weighted by Gasteiger charge is 2.15. The van der Waals surface area contributed by atoms with Crippen LogP contribution in [0.1, 0.15) is 12.5 Å². The van der Waals surface area contributed by atoms with E-state index in [-0.39, 0.29) is 0 Å². The Hall–Kier alpha value is -2.87. The molecule has 0 saturated carbocycles. The van der Waals surface area contributed by atoms with Crippen LogP contribution in [-0.2, 0) is 0 Å². The molecule has 2 heteroatoms. The zero-order valence-corrected chi connectivity index (χ0v) is 13.5.